The van der Waals surface area contributed by atoms with Crippen molar-refractivity contribution in [2.24, 2.45) is 5.73 Å². The average Bonchev–Trinajstić information content (AvgIpc) is 2.96. The van der Waals surface area contributed by atoms with Gasteiger partial charge in [-0.25, -0.2) is 4.98 Å². The Balaban J connectivity index is 0.00000264. The molecule has 9 heteroatoms. The molecule has 0 saturated heterocycles. The highest BCUT2D eigenvalue weighted by Crippen LogP contribution is 2.23. The molecule has 124 valence electrons. The van der Waals surface area contributed by atoms with E-state index in [1.54, 1.807) is 31.4 Å². The number of rotatable bonds is 5. The smallest absolute Gasteiger partial charge is 0.272 e. The molecule has 1 atom stereocenters. The molecule has 0 bridgehead atoms. The van der Waals surface area contributed by atoms with Crippen LogP contribution in [0.1, 0.15) is 39.6 Å². The Labute approximate surface area is 143 Å². The van der Waals surface area contributed by atoms with Crippen LogP contribution >= 0.6 is 23.7 Å². The van der Waals surface area contributed by atoms with Gasteiger partial charge in [0, 0.05) is 23.6 Å². The highest BCUT2D eigenvalue weighted by atomic mass is 35.5. The summed E-state index contributed by atoms with van der Waals surface area (Å²) in [4.78, 5) is 26.8. The summed E-state index contributed by atoms with van der Waals surface area (Å²) < 4.78 is 0. The van der Waals surface area contributed by atoms with Crippen LogP contribution in [-0.2, 0) is 6.54 Å². The summed E-state index contributed by atoms with van der Waals surface area (Å²) in [6.07, 6.45) is 0. The number of nitrogens with one attached hydrogen (secondary N) is 1. The summed E-state index contributed by atoms with van der Waals surface area (Å²) in [5.74, 6) is -0.327. The second kappa shape index (κ2) is 8.00. The van der Waals surface area contributed by atoms with Gasteiger partial charge >= 0.3 is 0 Å². The van der Waals surface area contributed by atoms with E-state index in [2.05, 4.69) is 10.3 Å². The summed E-state index contributed by atoms with van der Waals surface area (Å²) in [7, 11) is 0. The molecule has 1 heterocycles. The van der Waals surface area contributed by atoms with E-state index >= 15 is 0 Å². The number of nitrogens with two attached hydrogens (primary N) is 1. The summed E-state index contributed by atoms with van der Waals surface area (Å²) in [6, 6.07) is 4.55. The number of halogens is 1. The highest BCUT2D eigenvalue weighted by Gasteiger charge is 2.17. The molecule has 2 rings (SSSR count). The maximum Gasteiger partial charge on any atom is 0.272 e. The van der Waals surface area contributed by atoms with Gasteiger partial charge in [-0.05, 0) is 19.4 Å². The third-order valence-electron chi connectivity index (χ3n) is 3.24. The van der Waals surface area contributed by atoms with E-state index in [1.165, 1.54) is 17.4 Å². The minimum atomic E-state index is -0.429. The van der Waals surface area contributed by atoms with Crippen molar-refractivity contribution >= 4 is 35.3 Å². The van der Waals surface area contributed by atoms with Crippen LogP contribution in [0.4, 0.5) is 5.69 Å². The van der Waals surface area contributed by atoms with Gasteiger partial charge in [-0.1, -0.05) is 12.1 Å². The zero-order valence-electron chi connectivity index (χ0n) is 12.6. The van der Waals surface area contributed by atoms with Crippen LogP contribution in [-0.4, -0.2) is 15.8 Å². The molecule has 0 fully saturated rings. The summed E-state index contributed by atoms with van der Waals surface area (Å²) in [5, 5.41) is 16.1. The molecule has 1 aromatic carbocycles. The number of amides is 1. The quantitative estimate of drug-likeness (QED) is 0.632. The van der Waals surface area contributed by atoms with Crippen molar-refractivity contribution in [1.29, 1.82) is 0 Å². The maximum atomic E-state index is 12.1. The van der Waals surface area contributed by atoms with E-state index in [9.17, 15) is 14.9 Å². The number of thiazole rings is 1. The minimum absolute atomic E-state index is 0. The second-order valence-corrected chi connectivity index (χ2v) is 5.77. The maximum absolute atomic E-state index is 12.1. The average molecular weight is 357 g/mol. The molecule has 0 aliphatic rings. The Morgan fingerprint density at radius 3 is 2.78 bits per heavy atom. The lowest BCUT2D eigenvalue weighted by Crippen LogP contribution is -2.27. The molecule has 3 N–H and O–H groups in total. The number of nitrogens with zero attached hydrogens (tertiary/aromatic N) is 2. The molecule has 1 aromatic heterocycles. The topological polar surface area (TPSA) is 111 Å². The fourth-order valence-electron chi connectivity index (χ4n) is 1.96. The first kappa shape index (κ1) is 19.0. The van der Waals surface area contributed by atoms with Crippen LogP contribution in [0.3, 0.4) is 0 Å². The summed E-state index contributed by atoms with van der Waals surface area (Å²) in [6.45, 7) is 3.73. The van der Waals surface area contributed by atoms with Gasteiger partial charge in [0.1, 0.15) is 10.7 Å². The van der Waals surface area contributed by atoms with E-state index in [0.717, 1.165) is 0 Å². The van der Waals surface area contributed by atoms with Crippen LogP contribution in [0, 0.1) is 17.0 Å². The predicted octanol–water partition coefficient (Wildman–Crippen LogP) is 2.73. The van der Waals surface area contributed by atoms with Gasteiger partial charge in [-0.2, -0.15) is 0 Å². The number of aromatic nitrogens is 1. The van der Waals surface area contributed by atoms with Crippen LogP contribution in [0.15, 0.2) is 23.6 Å². The van der Waals surface area contributed by atoms with Gasteiger partial charge in [-0.15, -0.1) is 23.7 Å². The summed E-state index contributed by atoms with van der Waals surface area (Å²) >= 11 is 1.32. The van der Waals surface area contributed by atoms with Crippen molar-refractivity contribution in [2.45, 2.75) is 26.4 Å². The van der Waals surface area contributed by atoms with Crippen LogP contribution < -0.4 is 11.1 Å². The number of hydrogen-bond donors (Lipinski definition) is 2. The fourth-order valence-corrected chi connectivity index (χ4v) is 2.61. The van der Waals surface area contributed by atoms with Gasteiger partial charge in [0.05, 0.1) is 11.0 Å². The van der Waals surface area contributed by atoms with Crippen molar-refractivity contribution in [3.05, 3.63) is 55.5 Å². The lowest BCUT2D eigenvalue weighted by molar-refractivity contribution is -0.385. The van der Waals surface area contributed by atoms with E-state index in [1.807, 2.05) is 0 Å². The van der Waals surface area contributed by atoms with E-state index < -0.39 is 4.92 Å². The van der Waals surface area contributed by atoms with E-state index in [-0.39, 0.29) is 36.6 Å². The number of carbonyl (C=O) groups excluding carboxylic acids is 1. The van der Waals surface area contributed by atoms with Crippen LogP contribution in [0.25, 0.3) is 0 Å². The standard InChI is InChI=1S/C14H16N4O3S.ClH/c1-8-3-4-10(5-12(8)18(20)21)9(2)16-14(19)11-7-22-13(6-15)17-11;/h3-5,7,9H,6,15H2,1-2H3,(H,16,19);1H. The number of carbonyl (C=O) groups is 1. The van der Waals surface area contributed by atoms with Crippen LogP contribution in [0.2, 0.25) is 0 Å². The molecule has 2 aromatic rings. The van der Waals surface area contributed by atoms with Gasteiger partial charge in [0.15, 0.2) is 0 Å². The number of benzene rings is 1. The third-order valence-corrected chi connectivity index (χ3v) is 4.11. The van der Waals surface area contributed by atoms with Crippen molar-refractivity contribution in [2.75, 3.05) is 0 Å². The Kier molecular flexibility index (Phi) is 6.62. The second-order valence-electron chi connectivity index (χ2n) is 4.83. The van der Waals surface area contributed by atoms with Crippen molar-refractivity contribution in [3.63, 3.8) is 0 Å². The molecule has 0 radical (unpaired) electrons. The number of hydrogen-bond acceptors (Lipinski definition) is 6. The number of nitro benzene ring substituents is 1. The number of aryl methyl sites for hydroxylation is 1. The highest BCUT2D eigenvalue weighted by molar-refractivity contribution is 7.09. The molecule has 0 saturated carbocycles. The Hall–Kier alpha value is -2.03. The first-order valence-corrected chi connectivity index (χ1v) is 7.50. The van der Waals surface area contributed by atoms with Crippen molar-refractivity contribution in [3.8, 4) is 0 Å². The molecular weight excluding hydrogens is 340 g/mol. The molecule has 1 unspecified atom stereocenters. The Morgan fingerprint density at radius 2 is 2.22 bits per heavy atom. The van der Waals surface area contributed by atoms with Gasteiger partial charge in [0.25, 0.3) is 11.6 Å². The molecule has 1 amide bonds. The molecule has 0 aliphatic carbocycles. The predicted molar refractivity (Wildman–Crippen MR) is 91.0 cm³/mol. The molecule has 7 nitrogen and oxygen atoms in total. The Bertz CT molecular complexity index is 720. The van der Waals surface area contributed by atoms with Gasteiger partial charge in [-0.3, -0.25) is 14.9 Å². The van der Waals surface area contributed by atoms with Gasteiger partial charge in [0.2, 0.25) is 0 Å². The SMILES string of the molecule is Cc1ccc(C(C)NC(=O)c2csc(CN)n2)cc1[N+](=O)[O-].Cl. The molecule has 0 aliphatic heterocycles. The van der Waals surface area contributed by atoms with Crippen LogP contribution in [0.5, 0.6) is 0 Å². The van der Waals surface area contributed by atoms with E-state index in [4.69, 9.17) is 5.73 Å². The Morgan fingerprint density at radius 1 is 1.52 bits per heavy atom. The lowest BCUT2D eigenvalue weighted by Gasteiger charge is -2.13. The third kappa shape index (κ3) is 4.47. The monoisotopic (exact) mass is 356 g/mol. The minimum Gasteiger partial charge on any atom is -0.344 e. The lowest BCUT2D eigenvalue weighted by atomic mass is 10.0. The van der Waals surface area contributed by atoms with Crippen molar-refractivity contribution in [1.82, 2.24) is 10.3 Å². The first-order chi connectivity index (χ1) is 10.4. The fraction of sp³-hybridized carbons (Fsp3) is 0.286. The van der Waals surface area contributed by atoms with E-state index in [0.29, 0.717) is 21.8 Å². The first-order valence-electron chi connectivity index (χ1n) is 6.62. The number of nitro groups is 1. The van der Waals surface area contributed by atoms with Gasteiger partial charge < -0.3 is 11.1 Å². The summed E-state index contributed by atoms with van der Waals surface area (Å²) in [5.41, 5.74) is 7.06. The molecule has 23 heavy (non-hydrogen) atoms. The zero-order chi connectivity index (χ0) is 16.3. The zero-order valence-corrected chi connectivity index (χ0v) is 14.2. The molecular formula is C14H17ClN4O3S. The van der Waals surface area contributed by atoms with Crippen molar-refractivity contribution < 1.29 is 9.72 Å². The molecule has 0 spiro atoms. The largest absolute Gasteiger partial charge is 0.344 e. The normalized spacial score (nSPS) is 11.4.